The quantitative estimate of drug-likeness (QED) is 0.661. The lowest BCUT2D eigenvalue weighted by atomic mass is 10.2. The average Bonchev–Trinajstić information content (AvgIpc) is 2.76. The van der Waals surface area contributed by atoms with Gasteiger partial charge < -0.3 is 0 Å². The van der Waals surface area contributed by atoms with Crippen molar-refractivity contribution < 1.29 is 0 Å². The summed E-state index contributed by atoms with van der Waals surface area (Å²) in [6.07, 6.45) is 3.98. The summed E-state index contributed by atoms with van der Waals surface area (Å²) in [6.45, 7) is 0. The fourth-order valence-electron chi connectivity index (χ4n) is 1.37. The van der Waals surface area contributed by atoms with E-state index in [2.05, 4.69) is 12.1 Å². The van der Waals surface area contributed by atoms with E-state index in [0.29, 0.717) is 5.88 Å². The minimum absolute atomic E-state index is 0.550. The number of alkyl halides is 1. The van der Waals surface area contributed by atoms with E-state index in [1.807, 2.05) is 36.4 Å². The largest absolute Gasteiger partial charge is 0.136 e. The van der Waals surface area contributed by atoms with Crippen molar-refractivity contribution in [3.05, 3.63) is 52.4 Å². The Labute approximate surface area is 109 Å². The van der Waals surface area contributed by atoms with Crippen LogP contribution in [0.25, 0.3) is 16.5 Å². The van der Waals surface area contributed by atoms with Crippen molar-refractivity contribution in [1.82, 2.24) is 0 Å². The molecule has 82 valence electrons. The molecule has 1 aromatic carbocycles. The number of allylic oxidation sites excluding steroid dienone is 1. The Kier molecular flexibility index (Phi) is 4.05. The van der Waals surface area contributed by atoms with Gasteiger partial charge >= 0.3 is 0 Å². The molecule has 0 bridgehead atoms. The predicted octanol–water partition coefficient (Wildman–Crippen LogP) is 5.32. The van der Waals surface area contributed by atoms with Crippen LogP contribution in [0.15, 0.2) is 42.5 Å². The van der Waals surface area contributed by atoms with Gasteiger partial charge in [-0.15, -0.1) is 22.9 Å². The van der Waals surface area contributed by atoms with Crippen molar-refractivity contribution in [2.24, 2.45) is 0 Å². The summed E-state index contributed by atoms with van der Waals surface area (Å²) in [5.74, 6) is 0.550. The molecule has 0 aliphatic heterocycles. The van der Waals surface area contributed by atoms with Crippen LogP contribution in [0.3, 0.4) is 0 Å². The third-order valence-corrected chi connectivity index (χ3v) is 3.66. The van der Waals surface area contributed by atoms with Crippen LogP contribution >= 0.6 is 34.5 Å². The van der Waals surface area contributed by atoms with Gasteiger partial charge in [-0.25, -0.2) is 0 Å². The summed E-state index contributed by atoms with van der Waals surface area (Å²) < 4.78 is 0. The van der Waals surface area contributed by atoms with Gasteiger partial charge in [0.15, 0.2) is 0 Å². The molecule has 0 radical (unpaired) electrons. The second-order valence-electron chi connectivity index (χ2n) is 3.27. The molecule has 0 saturated carbocycles. The standard InChI is InChI=1S/C13H10Cl2S/c14-9-1-2-12-7-8-13(16-12)10-3-5-11(15)6-4-10/h1-8H,9H2. The summed E-state index contributed by atoms with van der Waals surface area (Å²) in [6, 6.07) is 12.1. The van der Waals surface area contributed by atoms with E-state index in [4.69, 9.17) is 23.2 Å². The van der Waals surface area contributed by atoms with Crippen molar-refractivity contribution in [3.63, 3.8) is 0 Å². The highest BCUT2D eigenvalue weighted by atomic mass is 35.5. The first kappa shape index (κ1) is 11.7. The van der Waals surface area contributed by atoms with Crippen LogP contribution in [-0.2, 0) is 0 Å². The van der Waals surface area contributed by atoms with E-state index in [1.165, 1.54) is 15.3 Å². The smallest absolute Gasteiger partial charge is 0.0407 e. The van der Waals surface area contributed by atoms with Crippen LogP contribution in [0.4, 0.5) is 0 Å². The van der Waals surface area contributed by atoms with Crippen molar-refractivity contribution in [2.75, 3.05) is 5.88 Å². The summed E-state index contributed by atoms with van der Waals surface area (Å²) in [4.78, 5) is 2.46. The van der Waals surface area contributed by atoms with E-state index >= 15 is 0 Å². The summed E-state index contributed by atoms with van der Waals surface area (Å²) in [5.41, 5.74) is 1.19. The van der Waals surface area contributed by atoms with Gasteiger partial charge in [0.2, 0.25) is 0 Å². The molecule has 0 nitrogen and oxygen atoms in total. The Morgan fingerprint density at radius 1 is 1.06 bits per heavy atom. The van der Waals surface area contributed by atoms with Crippen LogP contribution in [0.5, 0.6) is 0 Å². The number of hydrogen-bond acceptors (Lipinski definition) is 1. The van der Waals surface area contributed by atoms with E-state index in [-0.39, 0.29) is 0 Å². The molecule has 0 unspecified atom stereocenters. The molecule has 1 aromatic heterocycles. The molecule has 16 heavy (non-hydrogen) atoms. The SMILES string of the molecule is ClCC=Cc1ccc(-c2ccc(Cl)cc2)s1. The molecule has 2 aromatic rings. The number of rotatable bonds is 3. The Balaban J connectivity index is 2.24. The van der Waals surface area contributed by atoms with Gasteiger partial charge in [-0.05, 0) is 35.9 Å². The summed E-state index contributed by atoms with van der Waals surface area (Å²) in [5, 5.41) is 0.766. The molecule has 0 atom stereocenters. The lowest BCUT2D eigenvalue weighted by Gasteiger charge is -1.96. The molecule has 0 spiro atoms. The van der Waals surface area contributed by atoms with Crippen LogP contribution in [0.2, 0.25) is 5.02 Å². The number of halogens is 2. The Hall–Kier alpha value is -0.760. The number of benzene rings is 1. The first-order valence-corrected chi connectivity index (χ1v) is 6.61. The number of hydrogen-bond donors (Lipinski definition) is 0. The van der Waals surface area contributed by atoms with Gasteiger partial charge in [-0.2, -0.15) is 0 Å². The third kappa shape index (κ3) is 2.88. The fourth-order valence-corrected chi connectivity index (χ4v) is 2.53. The first-order valence-electron chi connectivity index (χ1n) is 4.88. The van der Waals surface area contributed by atoms with E-state index < -0.39 is 0 Å². The second kappa shape index (κ2) is 5.53. The van der Waals surface area contributed by atoms with Crippen molar-refractivity contribution in [2.45, 2.75) is 0 Å². The van der Waals surface area contributed by atoms with Crippen LogP contribution in [0.1, 0.15) is 4.88 Å². The number of thiophene rings is 1. The second-order valence-corrected chi connectivity index (χ2v) is 5.13. The van der Waals surface area contributed by atoms with Crippen LogP contribution < -0.4 is 0 Å². The molecule has 1 heterocycles. The zero-order valence-electron chi connectivity index (χ0n) is 8.49. The highest BCUT2D eigenvalue weighted by Gasteiger charge is 2.00. The van der Waals surface area contributed by atoms with E-state index in [1.54, 1.807) is 11.3 Å². The molecule has 0 amide bonds. The first-order chi connectivity index (χ1) is 7.79. The summed E-state index contributed by atoms with van der Waals surface area (Å²) in [7, 11) is 0. The van der Waals surface area contributed by atoms with Gasteiger partial charge in [0.05, 0.1) is 0 Å². The predicted molar refractivity (Wildman–Crippen MR) is 74.5 cm³/mol. The Morgan fingerprint density at radius 2 is 1.81 bits per heavy atom. The highest BCUT2D eigenvalue weighted by Crippen LogP contribution is 2.29. The Bertz CT molecular complexity index is 483. The average molecular weight is 269 g/mol. The topological polar surface area (TPSA) is 0 Å². The lowest BCUT2D eigenvalue weighted by molar-refractivity contribution is 1.70. The van der Waals surface area contributed by atoms with Crippen LogP contribution in [0, 0.1) is 0 Å². The van der Waals surface area contributed by atoms with Crippen LogP contribution in [-0.4, -0.2) is 5.88 Å². The van der Waals surface area contributed by atoms with Gasteiger partial charge in [-0.1, -0.05) is 29.8 Å². The highest BCUT2D eigenvalue weighted by molar-refractivity contribution is 7.16. The molecule has 0 saturated heterocycles. The van der Waals surface area contributed by atoms with Gasteiger partial charge in [0, 0.05) is 20.7 Å². The molecule has 2 rings (SSSR count). The molecular formula is C13H10Cl2S. The minimum Gasteiger partial charge on any atom is -0.136 e. The maximum Gasteiger partial charge on any atom is 0.0407 e. The van der Waals surface area contributed by atoms with Gasteiger partial charge in [0.25, 0.3) is 0 Å². The zero-order valence-corrected chi connectivity index (χ0v) is 10.8. The molecule has 0 aliphatic rings. The molecule has 0 fully saturated rings. The maximum absolute atomic E-state index is 5.85. The lowest BCUT2D eigenvalue weighted by Crippen LogP contribution is -1.69. The molecule has 0 aliphatic carbocycles. The van der Waals surface area contributed by atoms with Gasteiger partial charge in [0.1, 0.15) is 0 Å². The van der Waals surface area contributed by atoms with Gasteiger partial charge in [-0.3, -0.25) is 0 Å². The normalized spacial score (nSPS) is 11.1. The summed E-state index contributed by atoms with van der Waals surface area (Å²) >= 11 is 13.2. The van der Waals surface area contributed by atoms with E-state index in [0.717, 1.165) is 5.02 Å². The fraction of sp³-hybridized carbons (Fsp3) is 0.0769. The molecular weight excluding hydrogens is 259 g/mol. The van der Waals surface area contributed by atoms with Crippen molar-refractivity contribution in [1.29, 1.82) is 0 Å². The third-order valence-electron chi connectivity index (χ3n) is 2.13. The maximum atomic E-state index is 5.85. The monoisotopic (exact) mass is 268 g/mol. The molecule has 0 N–H and O–H groups in total. The van der Waals surface area contributed by atoms with Crippen molar-refractivity contribution in [3.8, 4) is 10.4 Å². The Morgan fingerprint density at radius 3 is 2.50 bits per heavy atom. The molecule has 3 heteroatoms. The minimum atomic E-state index is 0.550. The zero-order chi connectivity index (χ0) is 11.4. The van der Waals surface area contributed by atoms with Crippen molar-refractivity contribution >= 4 is 40.6 Å². The van der Waals surface area contributed by atoms with E-state index in [9.17, 15) is 0 Å².